The minimum Gasteiger partial charge on any atom is -0.356 e. The first-order valence-corrected chi connectivity index (χ1v) is 1.64. The molecule has 0 saturated carbocycles. The van der Waals surface area contributed by atoms with Gasteiger partial charge in [0.15, 0.2) is 0 Å². The van der Waals surface area contributed by atoms with E-state index in [9.17, 15) is 0 Å². The van der Waals surface area contributed by atoms with Crippen LogP contribution in [0.3, 0.4) is 0 Å². The Hall–Kier alpha value is -1.63. The fourth-order valence-electron chi connectivity index (χ4n) is 0. The van der Waals surface area contributed by atoms with Gasteiger partial charge in [0.25, 0.3) is 0 Å². The van der Waals surface area contributed by atoms with E-state index in [2.05, 4.69) is 0 Å². The highest BCUT2D eigenvalue weighted by atomic mass is 24.3. The van der Waals surface area contributed by atoms with Crippen molar-refractivity contribution in [3.63, 3.8) is 0 Å². The maximum absolute atomic E-state index is 8.25. The van der Waals surface area contributed by atoms with E-state index in [1.54, 1.807) is 0 Å². The third-order valence-corrected chi connectivity index (χ3v) is 0. The predicted molar refractivity (Wildman–Crippen MR) is 36.8 cm³/mol. The molecule has 0 aliphatic carbocycles. The largest absolute Gasteiger partial charge is 3.00 e. The van der Waals surface area contributed by atoms with Gasteiger partial charge >= 0.3 is 23.1 Å². The Labute approximate surface area is 84.9 Å². The van der Waals surface area contributed by atoms with E-state index in [4.69, 9.17) is 46.0 Å². The van der Waals surface area contributed by atoms with E-state index in [0.29, 0.717) is 0 Å². The maximum atomic E-state index is 8.25. The van der Waals surface area contributed by atoms with Crippen LogP contribution in [0.4, 0.5) is 0 Å². The summed E-state index contributed by atoms with van der Waals surface area (Å²) in [5, 5.41) is 44.2. The van der Waals surface area contributed by atoms with Crippen molar-refractivity contribution in [2.45, 2.75) is 0 Å². The standard InChI is InChI=1S/Mg.3NO3/c;3*2-1(3)4/q+3;3*-1. The molecule has 0 bridgehead atoms. The van der Waals surface area contributed by atoms with Gasteiger partial charge in [0.1, 0.15) is 0 Å². The molecule has 0 aromatic heterocycles. The van der Waals surface area contributed by atoms with Crippen LogP contribution in [0.15, 0.2) is 0 Å². The number of hydrogen-bond acceptors (Lipinski definition) is 9. The molecule has 0 atom stereocenters. The summed E-state index contributed by atoms with van der Waals surface area (Å²) in [6.07, 6.45) is 0. The zero-order chi connectivity index (χ0) is 10.7. The van der Waals surface area contributed by atoms with Crippen molar-refractivity contribution in [2.75, 3.05) is 0 Å². The summed E-state index contributed by atoms with van der Waals surface area (Å²) in [7, 11) is 0. The molecule has 0 aromatic rings. The zero-order valence-electron chi connectivity index (χ0n) is 5.72. The summed E-state index contributed by atoms with van der Waals surface area (Å²) in [5.41, 5.74) is 0. The Bertz CT molecular complexity index is 112. The molecule has 9 radical (unpaired) electrons. The summed E-state index contributed by atoms with van der Waals surface area (Å²) >= 11 is 0. The van der Waals surface area contributed by atoms with Crippen molar-refractivity contribution in [3.05, 3.63) is 46.0 Å². The molecule has 0 spiro atoms. The highest BCUT2D eigenvalue weighted by Crippen LogP contribution is 1.45. The Morgan fingerprint density at radius 3 is 0.538 bits per heavy atom. The van der Waals surface area contributed by atoms with Crippen LogP contribution in [0.5, 0.6) is 0 Å². The van der Waals surface area contributed by atoms with Gasteiger partial charge in [0.2, 0.25) is 0 Å². The lowest BCUT2D eigenvalue weighted by Crippen LogP contribution is -1.74. The minimum atomic E-state index is -1.75. The summed E-state index contributed by atoms with van der Waals surface area (Å²) in [5.74, 6) is 0. The summed E-state index contributed by atoms with van der Waals surface area (Å²) < 4.78 is 0. The monoisotopic (exact) mass is 210 g/mol. The second-order valence-corrected chi connectivity index (χ2v) is 0.671. The van der Waals surface area contributed by atoms with Crippen LogP contribution in [-0.4, -0.2) is 38.3 Å². The lowest BCUT2D eigenvalue weighted by molar-refractivity contribution is -0.403. The van der Waals surface area contributed by atoms with Crippen LogP contribution in [0.2, 0.25) is 0 Å². The third kappa shape index (κ3) is 272. The maximum Gasteiger partial charge on any atom is 3.00 e. The number of rotatable bonds is 0. The van der Waals surface area contributed by atoms with Crippen LogP contribution < -0.4 is 0 Å². The molecule has 0 unspecified atom stereocenters. The first kappa shape index (κ1) is 22.5. The minimum absolute atomic E-state index is 0. The van der Waals surface area contributed by atoms with Crippen molar-refractivity contribution in [1.29, 1.82) is 0 Å². The first-order chi connectivity index (χ1) is 5.20. The Balaban J connectivity index is -0.0000000450. The molecule has 0 saturated heterocycles. The fourth-order valence-corrected chi connectivity index (χ4v) is 0. The number of nitrogens with zero attached hydrogens (tertiary/aromatic N) is 3. The summed E-state index contributed by atoms with van der Waals surface area (Å²) in [6.45, 7) is 0. The van der Waals surface area contributed by atoms with Crippen LogP contribution in [0.1, 0.15) is 0 Å². The molecule has 0 aliphatic rings. The molecule has 71 valence electrons. The molecule has 0 aromatic carbocycles. The average Bonchev–Trinajstić information content (AvgIpc) is 1.54. The second-order valence-electron chi connectivity index (χ2n) is 0.671. The van der Waals surface area contributed by atoms with Crippen LogP contribution in [-0.2, 0) is 0 Å². The molecule has 0 rings (SSSR count). The Kier molecular flexibility index (Phi) is 29.0. The number of hydrogen-bond donors (Lipinski definition) is 0. The summed E-state index contributed by atoms with van der Waals surface area (Å²) in [4.78, 5) is 24.8. The van der Waals surface area contributed by atoms with Gasteiger partial charge in [0, 0.05) is 0 Å². The highest BCUT2D eigenvalue weighted by molar-refractivity contribution is 5.75. The van der Waals surface area contributed by atoms with E-state index in [1.165, 1.54) is 0 Å². The van der Waals surface area contributed by atoms with E-state index < -0.39 is 15.3 Å². The normalized spacial score (nSPS) is 5.54. The van der Waals surface area contributed by atoms with Crippen LogP contribution in [0.25, 0.3) is 0 Å². The predicted octanol–water partition coefficient (Wildman–Crippen LogP) is -1.10. The van der Waals surface area contributed by atoms with Gasteiger partial charge in [-0.3, -0.25) is 0 Å². The molecule has 13 heavy (non-hydrogen) atoms. The smallest absolute Gasteiger partial charge is 0.356 e. The van der Waals surface area contributed by atoms with Crippen molar-refractivity contribution >= 4 is 23.1 Å². The Morgan fingerprint density at radius 1 is 0.538 bits per heavy atom. The molecule has 0 aliphatic heterocycles. The lowest BCUT2D eigenvalue weighted by atomic mass is 13.1. The SMILES string of the molecule is O=[N+]([O-])[O-].O=[N+]([O-])[O-].O=[N+]([O-])[O-].[Mg+3]. The third-order valence-electron chi connectivity index (χ3n) is 0. The van der Waals surface area contributed by atoms with Crippen molar-refractivity contribution in [3.8, 4) is 0 Å². The highest BCUT2D eigenvalue weighted by Gasteiger charge is 3.00. The molecule has 12 nitrogen and oxygen atoms in total. The van der Waals surface area contributed by atoms with Gasteiger partial charge < -0.3 is 46.0 Å². The molecule has 0 heterocycles. The molecule has 0 fully saturated rings. The zero-order valence-corrected chi connectivity index (χ0v) is 7.14. The average molecular weight is 210 g/mol. The van der Waals surface area contributed by atoms with Crippen LogP contribution >= 0.6 is 0 Å². The van der Waals surface area contributed by atoms with E-state index >= 15 is 0 Å². The van der Waals surface area contributed by atoms with Crippen molar-refractivity contribution in [1.82, 2.24) is 0 Å². The van der Waals surface area contributed by atoms with Gasteiger partial charge in [0.05, 0.1) is 15.3 Å². The quantitative estimate of drug-likeness (QED) is 0.270. The van der Waals surface area contributed by atoms with Crippen LogP contribution in [0, 0.1) is 46.0 Å². The van der Waals surface area contributed by atoms with Crippen molar-refractivity contribution in [2.24, 2.45) is 0 Å². The second kappa shape index (κ2) is 16.8. The molecular weight excluding hydrogens is 210 g/mol. The molecule has 0 amide bonds. The summed E-state index contributed by atoms with van der Waals surface area (Å²) in [6, 6.07) is 0. The van der Waals surface area contributed by atoms with E-state index in [1.807, 2.05) is 0 Å². The molecular formula is MgN3O9. The van der Waals surface area contributed by atoms with Gasteiger partial charge in [-0.15, -0.1) is 0 Å². The van der Waals surface area contributed by atoms with E-state index in [0.717, 1.165) is 0 Å². The topological polar surface area (TPSA) is 199 Å². The fraction of sp³-hybridized carbons (Fsp3) is 0. The van der Waals surface area contributed by atoms with Gasteiger partial charge in [-0.05, 0) is 0 Å². The Morgan fingerprint density at radius 2 is 0.538 bits per heavy atom. The lowest BCUT2D eigenvalue weighted by Gasteiger charge is -1.74. The van der Waals surface area contributed by atoms with E-state index in [-0.39, 0.29) is 23.1 Å². The molecule has 0 N–H and O–H groups in total. The van der Waals surface area contributed by atoms with Gasteiger partial charge in [-0.25, -0.2) is 0 Å². The van der Waals surface area contributed by atoms with Crippen molar-refractivity contribution < 1.29 is 15.3 Å². The molecule has 13 heteroatoms. The van der Waals surface area contributed by atoms with Gasteiger partial charge in [-0.1, -0.05) is 0 Å². The van der Waals surface area contributed by atoms with Gasteiger partial charge in [-0.2, -0.15) is 0 Å². The first-order valence-electron chi connectivity index (χ1n) is 1.64.